The lowest BCUT2D eigenvalue weighted by atomic mass is 10.2. The highest BCUT2D eigenvalue weighted by Crippen LogP contribution is 2.23. The lowest BCUT2D eigenvalue weighted by Gasteiger charge is -2.12. The van der Waals surface area contributed by atoms with Gasteiger partial charge in [0.2, 0.25) is 0 Å². The van der Waals surface area contributed by atoms with Crippen molar-refractivity contribution in [1.29, 1.82) is 0 Å². The van der Waals surface area contributed by atoms with E-state index in [1.165, 1.54) is 42.6 Å². The number of para-hydroxylation sites is 1. The highest BCUT2D eigenvalue weighted by atomic mass is 35.5. The summed E-state index contributed by atoms with van der Waals surface area (Å²) in [5.41, 5.74) is 0.182. The molecule has 3 rings (SSSR count). The van der Waals surface area contributed by atoms with Crippen LogP contribution in [0.15, 0.2) is 71.8 Å². The van der Waals surface area contributed by atoms with Crippen LogP contribution < -0.4 is 4.72 Å². The van der Waals surface area contributed by atoms with Gasteiger partial charge >= 0.3 is 5.97 Å². The molecule has 0 aliphatic heterocycles. The van der Waals surface area contributed by atoms with Gasteiger partial charge in [-0.05, 0) is 24.3 Å². The van der Waals surface area contributed by atoms with Crippen LogP contribution in [0.25, 0.3) is 0 Å². The summed E-state index contributed by atoms with van der Waals surface area (Å²) in [6, 6.07) is 13.6. The SMILES string of the molecule is O=C(OCc1ccc(Cl)nc1)c1ccccc1NS(=O)(=O)c1cccc([N+](=O)[O-])c1. The number of nitro benzene ring substituents is 1. The first-order valence-corrected chi connectivity index (χ1v) is 10.3. The molecule has 0 atom stereocenters. The van der Waals surface area contributed by atoms with Gasteiger partial charge in [-0.2, -0.15) is 0 Å². The summed E-state index contributed by atoms with van der Waals surface area (Å²) in [5.74, 6) is -0.762. The number of hydrogen-bond donors (Lipinski definition) is 1. The molecule has 9 nitrogen and oxygen atoms in total. The summed E-state index contributed by atoms with van der Waals surface area (Å²) in [7, 11) is -4.18. The number of hydrogen-bond acceptors (Lipinski definition) is 7. The standard InChI is InChI=1S/C19H14ClN3O6S/c20-18-9-8-13(11-21-18)12-29-19(24)16-6-1-2-7-17(16)22-30(27,28)15-5-3-4-14(10-15)23(25)26/h1-11,22H,12H2. The molecule has 0 amide bonds. The Morgan fingerprint density at radius 3 is 2.60 bits per heavy atom. The van der Waals surface area contributed by atoms with Gasteiger partial charge in [0, 0.05) is 23.9 Å². The number of nitrogens with zero attached hydrogens (tertiary/aromatic N) is 2. The van der Waals surface area contributed by atoms with E-state index in [0.29, 0.717) is 10.7 Å². The first-order chi connectivity index (χ1) is 14.3. The Labute approximate surface area is 176 Å². The maximum absolute atomic E-state index is 12.7. The van der Waals surface area contributed by atoms with Crippen molar-refractivity contribution in [2.45, 2.75) is 11.5 Å². The predicted octanol–water partition coefficient (Wildman–Crippen LogP) is 3.80. The van der Waals surface area contributed by atoms with Crippen LogP contribution in [0.5, 0.6) is 0 Å². The molecule has 2 aromatic carbocycles. The number of carbonyl (C=O) groups is 1. The first-order valence-electron chi connectivity index (χ1n) is 8.40. The molecule has 0 spiro atoms. The molecule has 1 heterocycles. The number of halogens is 1. The molecule has 11 heteroatoms. The lowest BCUT2D eigenvalue weighted by Crippen LogP contribution is -2.16. The van der Waals surface area contributed by atoms with Gasteiger partial charge in [0.25, 0.3) is 15.7 Å². The van der Waals surface area contributed by atoms with Crippen molar-refractivity contribution in [3.05, 3.63) is 93.3 Å². The number of rotatable bonds is 7. The zero-order valence-corrected chi connectivity index (χ0v) is 16.8. The van der Waals surface area contributed by atoms with E-state index in [-0.39, 0.29) is 28.4 Å². The average molecular weight is 448 g/mol. The number of nitrogens with one attached hydrogen (secondary N) is 1. The lowest BCUT2D eigenvalue weighted by molar-refractivity contribution is -0.385. The molecule has 3 aromatic rings. The number of sulfonamides is 1. The summed E-state index contributed by atoms with van der Waals surface area (Å²) >= 11 is 5.71. The predicted molar refractivity (Wildman–Crippen MR) is 109 cm³/mol. The van der Waals surface area contributed by atoms with Crippen LogP contribution in [0.3, 0.4) is 0 Å². The number of carbonyl (C=O) groups excluding carboxylic acids is 1. The minimum atomic E-state index is -4.18. The fourth-order valence-corrected chi connectivity index (χ4v) is 3.67. The smallest absolute Gasteiger partial charge is 0.340 e. The largest absolute Gasteiger partial charge is 0.457 e. The minimum Gasteiger partial charge on any atom is -0.457 e. The topological polar surface area (TPSA) is 128 Å². The van der Waals surface area contributed by atoms with Crippen molar-refractivity contribution < 1.29 is 22.9 Å². The molecule has 0 saturated carbocycles. The van der Waals surface area contributed by atoms with Gasteiger partial charge in [0.1, 0.15) is 11.8 Å². The van der Waals surface area contributed by atoms with Gasteiger partial charge in [-0.15, -0.1) is 0 Å². The zero-order chi connectivity index (χ0) is 21.7. The van der Waals surface area contributed by atoms with Crippen LogP contribution in [0.1, 0.15) is 15.9 Å². The Hall–Kier alpha value is -3.50. The number of ether oxygens (including phenoxy) is 1. The number of aromatic nitrogens is 1. The Bertz CT molecular complexity index is 1200. The molecule has 0 aliphatic rings. The summed E-state index contributed by atoms with van der Waals surface area (Å²) in [6.07, 6.45) is 1.45. The van der Waals surface area contributed by atoms with Crippen LogP contribution in [0, 0.1) is 10.1 Å². The third kappa shape index (κ3) is 5.10. The molecule has 30 heavy (non-hydrogen) atoms. The van der Waals surface area contributed by atoms with Crippen molar-refractivity contribution in [3.8, 4) is 0 Å². The van der Waals surface area contributed by atoms with E-state index in [1.807, 2.05) is 0 Å². The summed E-state index contributed by atoms with van der Waals surface area (Å²) in [4.78, 5) is 26.3. The highest BCUT2D eigenvalue weighted by Gasteiger charge is 2.21. The maximum atomic E-state index is 12.7. The van der Waals surface area contributed by atoms with Crippen LogP contribution in [0.2, 0.25) is 5.15 Å². The Kier molecular flexibility index (Phi) is 6.28. The van der Waals surface area contributed by atoms with Crippen molar-refractivity contribution in [3.63, 3.8) is 0 Å². The van der Waals surface area contributed by atoms with E-state index in [9.17, 15) is 23.3 Å². The van der Waals surface area contributed by atoms with Crippen LogP contribution >= 0.6 is 11.6 Å². The molecule has 154 valence electrons. The quantitative estimate of drug-likeness (QED) is 0.252. The summed E-state index contributed by atoms with van der Waals surface area (Å²) in [6.45, 7) is -0.0883. The molecular formula is C19H14ClN3O6S. The molecule has 1 N–H and O–H groups in total. The first kappa shape index (κ1) is 21.2. The fourth-order valence-electron chi connectivity index (χ4n) is 2.44. The molecular weight excluding hydrogens is 434 g/mol. The Morgan fingerprint density at radius 2 is 1.90 bits per heavy atom. The minimum absolute atomic E-state index is 0.0200. The number of benzene rings is 2. The number of non-ortho nitro benzene ring substituents is 1. The molecule has 0 unspecified atom stereocenters. The van der Waals surface area contributed by atoms with Gasteiger partial charge in [-0.1, -0.05) is 35.9 Å². The molecule has 0 fully saturated rings. The average Bonchev–Trinajstić information content (AvgIpc) is 2.73. The third-order valence-electron chi connectivity index (χ3n) is 3.89. The summed E-state index contributed by atoms with van der Waals surface area (Å²) < 4.78 is 32.8. The van der Waals surface area contributed by atoms with Crippen LogP contribution in [0.4, 0.5) is 11.4 Å². The van der Waals surface area contributed by atoms with Crippen molar-refractivity contribution >= 4 is 39.0 Å². The molecule has 0 bridgehead atoms. The molecule has 1 aromatic heterocycles. The number of esters is 1. The number of pyridine rings is 1. The number of nitro groups is 1. The van der Waals surface area contributed by atoms with Gasteiger partial charge in [0.15, 0.2) is 0 Å². The maximum Gasteiger partial charge on any atom is 0.340 e. The van der Waals surface area contributed by atoms with E-state index >= 15 is 0 Å². The zero-order valence-electron chi connectivity index (χ0n) is 15.2. The molecule has 0 saturated heterocycles. The second-order valence-electron chi connectivity index (χ2n) is 5.97. The second kappa shape index (κ2) is 8.89. The van der Waals surface area contributed by atoms with E-state index < -0.39 is 20.9 Å². The fraction of sp³-hybridized carbons (Fsp3) is 0.0526. The van der Waals surface area contributed by atoms with Crippen LogP contribution in [-0.2, 0) is 21.4 Å². The monoisotopic (exact) mass is 447 g/mol. The van der Waals surface area contributed by atoms with Gasteiger partial charge in [0.05, 0.1) is 21.1 Å². The van der Waals surface area contributed by atoms with Crippen LogP contribution in [-0.4, -0.2) is 24.3 Å². The van der Waals surface area contributed by atoms with Crippen molar-refractivity contribution in [2.24, 2.45) is 0 Å². The Balaban J connectivity index is 1.80. The normalized spacial score (nSPS) is 11.0. The third-order valence-corrected chi connectivity index (χ3v) is 5.48. The highest BCUT2D eigenvalue weighted by molar-refractivity contribution is 7.92. The van der Waals surface area contributed by atoms with E-state index in [0.717, 1.165) is 6.07 Å². The van der Waals surface area contributed by atoms with Gasteiger partial charge < -0.3 is 4.74 Å². The van der Waals surface area contributed by atoms with Crippen molar-refractivity contribution in [2.75, 3.05) is 4.72 Å². The molecule has 0 radical (unpaired) electrons. The van der Waals surface area contributed by atoms with E-state index in [4.69, 9.17) is 16.3 Å². The van der Waals surface area contributed by atoms with E-state index in [2.05, 4.69) is 9.71 Å². The van der Waals surface area contributed by atoms with Gasteiger partial charge in [-0.25, -0.2) is 18.2 Å². The molecule has 0 aliphatic carbocycles. The number of anilines is 1. The van der Waals surface area contributed by atoms with Crippen molar-refractivity contribution in [1.82, 2.24) is 4.98 Å². The van der Waals surface area contributed by atoms with Gasteiger partial charge in [-0.3, -0.25) is 14.8 Å². The van der Waals surface area contributed by atoms with E-state index in [1.54, 1.807) is 18.2 Å². The second-order valence-corrected chi connectivity index (χ2v) is 8.04. The Morgan fingerprint density at radius 1 is 1.13 bits per heavy atom. The summed E-state index contributed by atoms with van der Waals surface area (Å²) in [5, 5.41) is 11.2.